The number of aryl methyl sites for hydroxylation is 1. The Kier molecular flexibility index (Phi) is 3.44. The molecule has 1 heterocycles. The fraction of sp³-hybridized carbons (Fsp3) is 0.250. The quantitative estimate of drug-likeness (QED) is 0.901. The van der Waals surface area contributed by atoms with Gasteiger partial charge in [-0.15, -0.1) is 0 Å². The maximum absolute atomic E-state index is 10.3. The van der Waals surface area contributed by atoms with E-state index in [2.05, 4.69) is 5.10 Å². The molecule has 0 unspecified atom stereocenters. The van der Waals surface area contributed by atoms with Crippen LogP contribution in [-0.2, 0) is 7.05 Å². The van der Waals surface area contributed by atoms with E-state index in [1.807, 2.05) is 0 Å². The molecule has 6 nitrogen and oxygen atoms in total. The number of benzene rings is 1. The van der Waals surface area contributed by atoms with Crippen molar-refractivity contribution in [3.63, 3.8) is 0 Å². The van der Waals surface area contributed by atoms with Crippen LogP contribution >= 0.6 is 11.6 Å². The van der Waals surface area contributed by atoms with E-state index < -0.39 is 0 Å². The maximum atomic E-state index is 10.3. The number of nitrogen functional groups attached to an aromatic ring is 1. The van der Waals surface area contributed by atoms with Crippen LogP contribution in [0.15, 0.2) is 12.1 Å². The number of hydrogen-bond acceptors (Lipinski definition) is 5. The molecule has 0 aliphatic carbocycles. The topological polar surface area (TPSA) is 82.5 Å². The molecular weight excluding hydrogens is 270 g/mol. The van der Waals surface area contributed by atoms with Crippen molar-refractivity contribution in [2.45, 2.75) is 0 Å². The van der Waals surface area contributed by atoms with Gasteiger partial charge in [0.25, 0.3) is 0 Å². The molecule has 0 saturated heterocycles. The third kappa shape index (κ3) is 2.15. The van der Waals surface area contributed by atoms with Crippen molar-refractivity contribution in [1.82, 2.24) is 9.78 Å². The van der Waals surface area contributed by atoms with Crippen molar-refractivity contribution < 1.29 is 14.6 Å². The summed E-state index contributed by atoms with van der Waals surface area (Å²) < 4.78 is 11.7. The van der Waals surface area contributed by atoms with Gasteiger partial charge in [-0.1, -0.05) is 11.6 Å². The molecule has 3 N–H and O–H groups in total. The average Bonchev–Trinajstić information content (AvgIpc) is 2.68. The lowest BCUT2D eigenvalue weighted by Crippen LogP contribution is -1.97. The Balaban J connectivity index is 2.70. The van der Waals surface area contributed by atoms with Gasteiger partial charge in [-0.2, -0.15) is 5.10 Å². The molecule has 0 amide bonds. The summed E-state index contributed by atoms with van der Waals surface area (Å²) in [6, 6.07) is 3.17. The number of ether oxygens (including phenoxy) is 2. The third-order valence-corrected chi connectivity index (χ3v) is 3.07. The molecule has 0 fully saturated rings. The first-order valence-corrected chi connectivity index (χ1v) is 5.80. The number of halogens is 1. The molecule has 0 saturated carbocycles. The Morgan fingerprint density at radius 3 is 2.47 bits per heavy atom. The van der Waals surface area contributed by atoms with Crippen molar-refractivity contribution in [3.05, 3.63) is 17.2 Å². The minimum absolute atomic E-state index is 0.134. The monoisotopic (exact) mass is 283 g/mol. The molecule has 1 aromatic carbocycles. The molecule has 2 aromatic rings. The van der Waals surface area contributed by atoms with E-state index in [0.717, 1.165) is 0 Å². The fourth-order valence-electron chi connectivity index (χ4n) is 1.79. The maximum Gasteiger partial charge on any atom is 0.203 e. The minimum atomic E-state index is -0.134. The number of phenolic OH excluding ortho intramolecular Hbond substituents is 1. The van der Waals surface area contributed by atoms with Crippen molar-refractivity contribution in [3.8, 4) is 28.5 Å². The lowest BCUT2D eigenvalue weighted by Gasteiger charge is -2.13. The van der Waals surface area contributed by atoms with Gasteiger partial charge in [0, 0.05) is 19.2 Å². The molecule has 0 aliphatic heterocycles. The second-order valence-electron chi connectivity index (χ2n) is 3.90. The second-order valence-corrected chi connectivity index (χ2v) is 4.30. The Morgan fingerprint density at radius 1 is 1.32 bits per heavy atom. The van der Waals surface area contributed by atoms with E-state index in [4.69, 9.17) is 26.8 Å². The van der Waals surface area contributed by atoms with Crippen LogP contribution in [0.4, 0.5) is 5.82 Å². The van der Waals surface area contributed by atoms with Crippen LogP contribution in [0.1, 0.15) is 0 Å². The van der Waals surface area contributed by atoms with Gasteiger partial charge >= 0.3 is 0 Å². The van der Waals surface area contributed by atoms with Gasteiger partial charge in [0.2, 0.25) is 5.75 Å². The Morgan fingerprint density at radius 2 is 2.00 bits per heavy atom. The van der Waals surface area contributed by atoms with E-state index in [1.54, 1.807) is 19.2 Å². The van der Waals surface area contributed by atoms with Crippen LogP contribution in [0, 0.1) is 0 Å². The summed E-state index contributed by atoms with van der Waals surface area (Å²) in [5.74, 6) is 0.869. The number of methoxy groups -OCH3 is 2. The lowest BCUT2D eigenvalue weighted by molar-refractivity contribution is 0.334. The summed E-state index contributed by atoms with van der Waals surface area (Å²) in [4.78, 5) is 0. The number of anilines is 1. The highest BCUT2D eigenvalue weighted by atomic mass is 35.5. The van der Waals surface area contributed by atoms with Crippen LogP contribution in [0.2, 0.25) is 5.02 Å². The lowest BCUT2D eigenvalue weighted by atomic mass is 10.1. The van der Waals surface area contributed by atoms with Crippen LogP contribution in [-0.4, -0.2) is 29.1 Å². The van der Waals surface area contributed by atoms with Crippen LogP contribution in [0.25, 0.3) is 11.3 Å². The zero-order valence-electron chi connectivity index (χ0n) is 10.8. The minimum Gasteiger partial charge on any atom is -0.504 e. The van der Waals surface area contributed by atoms with Gasteiger partial charge in [0.05, 0.1) is 30.5 Å². The highest BCUT2D eigenvalue weighted by Crippen LogP contribution is 2.47. The molecule has 0 bridgehead atoms. The van der Waals surface area contributed by atoms with E-state index >= 15 is 0 Å². The molecule has 0 spiro atoms. The first-order valence-electron chi connectivity index (χ1n) is 5.43. The van der Waals surface area contributed by atoms with Gasteiger partial charge in [0.1, 0.15) is 5.82 Å². The van der Waals surface area contributed by atoms with Crippen LogP contribution in [0.5, 0.6) is 17.2 Å². The van der Waals surface area contributed by atoms with Crippen molar-refractivity contribution in [1.29, 1.82) is 0 Å². The summed E-state index contributed by atoms with van der Waals surface area (Å²) >= 11 is 6.15. The van der Waals surface area contributed by atoms with Crippen LogP contribution in [0.3, 0.4) is 0 Å². The number of nitrogens with zero attached hydrogens (tertiary/aromatic N) is 2. The second kappa shape index (κ2) is 4.89. The predicted molar refractivity (Wildman–Crippen MR) is 72.8 cm³/mol. The van der Waals surface area contributed by atoms with Crippen LogP contribution < -0.4 is 15.2 Å². The fourth-order valence-corrected chi connectivity index (χ4v) is 2.08. The molecule has 7 heteroatoms. The number of rotatable bonds is 3. The molecule has 0 atom stereocenters. The highest BCUT2D eigenvalue weighted by molar-refractivity contribution is 6.34. The van der Waals surface area contributed by atoms with Gasteiger partial charge in [-0.25, -0.2) is 0 Å². The van der Waals surface area contributed by atoms with Crippen molar-refractivity contribution in [2.24, 2.45) is 7.05 Å². The summed E-state index contributed by atoms with van der Waals surface area (Å²) in [6.07, 6.45) is 0. The molecule has 2 rings (SSSR count). The highest BCUT2D eigenvalue weighted by Gasteiger charge is 2.21. The van der Waals surface area contributed by atoms with Gasteiger partial charge in [0.15, 0.2) is 11.5 Å². The number of phenols is 1. The Labute approximate surface area is 115 Å². The summed E-state index contributed by atoms with van der Waals surface area (Å²) in [7, 11) is 4.60. The van der Waals surface area contributed by atoms with E-state index in [9.17, 15) is 5.11 Å². The van der Waals surface area contributed by atoms with Gasteiger partial charge in [-0.05, 0) is 0 Å². The van der Waals surface area contributed by atoms with Crippen molar-refractivity contribution in [2.75, 3.05) is 20.0 Å². The molecule has 1 aromatic heterocycles. The van der Waals surface area contributed by atoms with Gasteiger partial charge < -0.3 is 20.3 Å². The number of aromatic hydroxyl groups is 1. The Bertz CT molecular complexity index is 606. The summed E-state index contributed by atoms with van der Waals surface area (Å²) in [5, 5.41) is 14.7. The SMILES string of the molecule is COc1cc(Cl)c(-c2cc(N)n(C)n2)c(O)c1OC. The molecule has 102 valence electrons. The standard InChI is InChI=1S/C12H14ClN3O3/c1-16-9(14)5-7(15-16)10-6(13)4-8(18-2)12(19-3)11(10)17/h4-5,17H,14H2,1-3H3. The zero-order chi connectivity index (χ0) is 14.2. The number of hydrogen-bond donors (Lipinski definition) is 2. The first kappa shape index (κ1) is 13.4. The zero-order valence-corrected chi connectivity index (χ0v) is 11.5. The summed E-state index contributed by atoms with van der Waals surface area (Å²) in [5.41, 5.74) is 6.54. The van der Waals surface area contributed by atoms with E-state index in [1.165, 1.54) is 18.9 Å². The Hall–Kier alpha value is -2.08. The third-order valence-electron chi connectivity index (χ3n) is 2.77. The molecule has 0 radical (unpaired) electrons. The number of aromatic nitrogens is 2. The van der Waals surface area contributed by atoms with E-state index in [0.29, 0.717) is 27.8 Å². The normalized spacial score (nSPS) is 10.5. The molecular formula is C12H14ClN3O3. The first-order chi connectivity index (χ1) is 8.99. The van der Waals surface area contributed by atoms with Gasteiger partial charge in [-0.3, -0.25) is 4.68 Å². The predicted octanol–water partition coefficient (Wildman–Crippen LogP) is 2.05. The van der Waals surface area contributed by atoms with E-state index in [-0.39, 0.29) is 11.5 Å². The molecule has 19 heavy (non-hydrogen) atoms. The smallest absolute Gasteiger partial charge is 0.203 e. The summed E-state index contributed by atoms with van der Waals surface area (Å²) in [6.45, 7) is 0. The average molecular weight is 284 g/mol. The molecule has 0 aliphatic rings. The largest absolute Gasteiger partial charge is 0.504 e. The number of nitrogens with two attached hydrogens (primary N) is 1. The van der Waals surface area contributed by atoms with Crippen molar-refractivity contribution >= 4 is 17.4 Å².